The number of rotatable bonds is 6. The zero-order chi connectivity index (χ0) is 14.8. The van der Waals surface area contributed by atoms with E-state index in [1.807, 2.05) is 6.92 Å². The third-order valence-electron chi connectivity index (χ3n) is 3.48. The first-order valence-electron chi connectivity index (χ1n) is 6.98. The Labute approximate surface area is 121 Å². The van der Waals surface area contributed by atoms with Crippen molar-refractivity contribution < 1.29 is 19.2 Å². The van der Waals surface area contributed by atoms with Crippen LogP contribution < -0.4 is 0 Å². The van der Waals surface area contributed by atoms with E-state index in [-0.39, 0.29) is 17.6 Å². The lowest BCUT2D eigenvalue weighted by atomic mass is 10.1. The molecule has 110 valence electrons. The van der Waals surface area contributed by atoms with Crippen LogP contribution in [0.25, 0.3) is 11.5 Å². The summed E-state index contributed by atoms with van der Waals surface area (Å²) in [4.78, 5) is 15.6. The number of hydrogen-bond acceptors (Lipinski definition) is 5. The summed E-state index contributed by atoms with van der Waals surface area (Å²) in [6.07, 6.45) is 2.03. The highest BCUT2D eigenvalue weighted by Crippen LogP contribution is 2.42. The molecule has 21 heavy (non-hydrogen) atoms. The maximum Gasteiger partial charge on any atom is 0.336 e. The van der Waals surface area contributed by atoms with Crippen molar-refractivity contribution in [2.45, 2.75) is 25.9 Å². The summed E-state index contributed by atoms with van der Waals surface area (Å²) >= 11 is 0. The van der Waals surface area contributed by atoms with Crippen LogP contribution in [0.15, 0.2) is 28.8 Å². The fourth-order valence-electron chi connectivity index (χ4n) is 2.32. The van der Waals surface area contributed by atoms with Crippen molar-refractivity contribution >= 4 is 5.97 Å². The van der Waals surface area contributed by atoms with Crippen LogP contribution in [0.4, 0.5) is 0 Å². The maximum absolute atomic E-state index is 11.2. The molecule has 1 fully saturated rings. The summed E-state index contributed by atoms with van der Waals surface area (Å²) in [6.45, 7) is 2.51. The number of nitrogens with zero attached hydrogens (tertiary/aromatic N) is 2. The van der Waals surface area contributed by atoms with Gasteiger partial charge in [0.1, 0.15) is 6.10 Å². The largest absolute Gasteiger partial charge is 0.478 e. The molecule has 1 aliphatic rings. The highest BCUT2D eigenvalue weighted by molar-refractivity contribution is 5.94. The molecule has 6 nitrogen and oxygen atoms in total. The lowest BCUT2D eigenvalue weighted by Crippen LogP contribution is -2.08. The maximum atomic E-state index is 11.2. The number of carboxylic acid groups (broad SMARTS) is 1. The molecule has 0 spiro atoms. The van der Waals surface area contributed by atoms with Crippen LogP contribution >= 0.6 is 0 Å². The summed E-state index contributed by atoms with van der Waals surface area (Å²) in [6, 6.07) is 6.58. The van der Waals surface area contributed by atoms with E-state index in [2.05, 4.69) is 10.1 Å². The molecule has 1 aliphatic carbocycles. The molecule has 3 rings (SSSR count). The molecule has 1 N–H and O–H groups in total. The van der Waals surface area contributed by atoms with E-state index in [9.17, 15) is 9.90 Å². The molecule has 0 amide bonds. The Morgan fingerprint density at radius 3 is 2.90 bits per heavy atom. The first-order valence-corrected chi connectivity index (χ1v) is 6.98. The average molecular weight is 288 g/mol. The molecule has 1 aromatic carbocycles. The molecule has 6 heteroatoms. The third-order valence-corrected chi connectivity index (χ3v) is 3.48. The summed E-state index contributed by atoms with van der Waals surface area (Å²) in [7, 11) is 0. The second kappa shape index (κ2) is 5.65. The van der Waals surface area contributed by atoms with Gasteiger partial charge >= 0.3 is 5.97 Å². The van der Waals surface area contributed by atoms with Crippen molar-refractivity contribution in [2.24, 2.45) is 5.92 Å². The average Bonchev–Trinajstić information content (AvgIpc) is 3.21. The summed E-state index contributed by atoms with van der Waals surface area (Å²) in [5, 5.41) is 13.2. The zero-order valence-corrected chi connectivity index (χ0v) is 11.7. The van der Waals surface area contributed by atoms with Crippen LogP contribution in [-0.4, -0.2) is 27.8 Å². The van der Waals surface area contributed by atoms with Crippen LogP contribution in [-0.2, 0) is 4.74 Å². The highest BCUT2D eigenvalue weighted by atomic mass is 16.5. The van der Waals surface area contributed by atoms with E-state index in [0.717, 1.165) is 12.8 Å². The van der Waals surface area contributed by atoms with E-state index in [1.54, 1.807) is 18.2 Å². The van der Waals surface area contributed by atoms with Crippen molar-refractivity contribution in [2.75, 3.05) is 6.61 Å². The topological polar surface area (TPSA) is 85.5 Å². The molecule has 0 radical (unpaired) electrons. The van der Waals surface area contributed by atoms with Crippen LogP contribution in [0.1, 0.15) is 42.1 Å². The van der Waals surface area contributed by atoms with Crippen LogP contribution in [0.2, 0.25) is 0 Å². The van der Waals surface area contributed by atoms with Crippen LogP contribution in [0.5, 0.6) is 0 Å². The van der Waals surface area contributed by atoms with Crippen molar-refractivity contribution in [1.29, 1.82) is 0 Å². The molecule has 2 aromatic rings. The predicted molar refractivity (Wildman–Crippen MR) is 73.8 cm³/mol. The van der Waals surface area contributed by atoms with E-state index in [4.69, 9.17) is 9.26 Å². The van der Waals surface area contributed by atoms with Gasteiger partial charge in [0.05, 0.1) is 11.1 Å². The van der Waals surface area contributed by atoms with Crippen molar-refractivity contribution in [3.8, 4) is 11.5 Å². The smallest absolute Gasteiger partial charge is 0.336 e. The summed E-state index contributed by atoms with van der Waals surface area (Å²) in [5.74, 6) is 0.127. The zero-order valence-electron chi connectivity index (χ0n) is 11.7. The molecule has 0 saturated heterocycles. The van der Waals surface area contributed by atoms with Crippen LogP contribution in [0.3, 0.4) is 0 Å². The molecule has 1 aromatic heterocycles. The van der Waals surface area contributed by atoms with E-state index in [1.165, 1.54) is 6.07 Å². The highest BCUT2D eigenvalue weighted by Gasteiger charge is 2.36. The van der Waals surface area contributed by atoms with Gasteiger partial charge in [0, 0.05) is 6.61 Å². The number of carboxylic acids is 1. The molecule has 1 saturated carbocycles. The number of aromatic carboxylic acids is 1. The molecule has 0 bridgehead atoms. The number of hydrogen-bond donors (Lipinski definition) is 1. The van der Waals surface area contributed by atoms with Gasteiger partial charge in [-0.3, -0.25) is 0 Å². The second-order valence-corrected chi connectivity index (χ2v) is 5.02. The minimum absolute atomic E-state index is 0.145. The molecule has 1 unspecified atom stereocenters. The van der Waals surface area contributed by atoms with E-state index < -0.39 is 5.97 Å². The van der Waals surface area contributed by atoms with Gasteiger partial charge in [0.15, 0.2) is 0 Å². The fourth-order valence-corrected chi connectivity index (χ4v) is 2.32. The van der Waals surface area contributed by atoms with Crippen LogP contribution in [0, 0.1) is 5.92 Å². The minimum Gasteiger partial charge on any atom is -0.478 e. The van der Waals surface area contributed by atoms with Crippen molar-refractivity contribution in [3.63, 3.8) is 0 Å². The Morgan fingerprint density at radius 1 is 1.48 bits per heavy atom. The Morgan fingerprint density at radius 2 is 2.24 bits per heavy atom. The molecular formula is C15H16N2O4. The number of ether oxygens (including phenoxy) is 1. The molecule has 1 atom stereocenters. The Hall–Kier alpha value is -2.21. The van der Waals surface area contributed by atoms with Gasteiger partial charge in [-0.25, -0.2) is 4.79 Å². The molecule has 1 heterocycles. The Bertz CT molecular complexity index is 649. The van der Waals surface area contributed by atoms with Crippen molar-refractivity contribution in [1.82, 2.24) is 10.1 Å². The number of benzene rings is 1. The summed E-state index contributed by atoms with van der Waals surface area (Å²) in [5.41, 5.74) is 0.571. The quantitative estimate of drug-likeness (QED) is 0.879. The van der Waals surface area contributed by atoms with Gasteiger partial charge in [-0.05, 0) is 37.8 Å². The summed E-state index contributed by atoms with van der Waals surface area (Å²) < 4.78 is 10.9. The van der Waals surface area contributed by atoms with Gasteiger partial charge in [0.2, 0.25) is 5.82 Å². The Kier molecular flexibility index (Phi) is 3.70. The monoisotopic (exact) mass is 288 g/mol. The normalized spacial score (nSPS) is 15.9. The first-order chi connectivity index (χ1) is 10.2. The van der Waals surface area contributed by atoms with Gasteiger partial charge in [-0.1, -0.05) is 17.3 Å². The van der Waals surface area contributed by atoms with E-state index >= 15 is 0 Å². The SMILES string of the molecule is CCOC(c1noc(-c2ccccc2C(=O)O)n1)C1CC1. The lowest BCUT2D eigenvalue weighted by molar-refractivity contribution is 0.0384. The second-order valence-electron chi connectivity index (χ2n) is 5.02. The van der Waals surface area contributed by atoms with E-state index in [0.29, 0.717) is 23.9 Å². The van der Waals surface area contributed by atoms with Gasteiger partial charge in [-0.15, -0.1) is 0 Å². The third kappa shape index (κ3) is 2.80. The van der Waals surface area contributed by atoms with Gasteiger partial charge in [0.25, 0.3) is 5.89 Å². The van der Waals surface area contributed by atoms with Crippen molar-refractivity contribution in [3.05, 3.63) is 35.7 Å². The number of aromatic nitrogens is 2. The minimum atomic E-state index is -1.02. The standard InChI is InChI=1S/C15H16N2O4/c1-2-20-12(9-7-8-9)13-16-14(21-17-13)10-5-3-4-6-11(10)15(18)19/h3-6,9,12H,2,7-8H2,1H3,(H,18,19). The Balaban J connectivity index is 1.93. The molecular weight excluding hydrogens is 272 g/mol. The predicted octanol–water partition coefficient (Wildman–Crippen LogP) is 2.92. The number of carbonyl (C=O) groups is 1. The lowest BCUT2D eigenvalue weighted by Gasteiger charge is -2.11. The fraction of sp³-hybridized carbons (Fsp3) is 0.400. The molecule has 0 aliphatic heterocycles. The van der Waals surface area contributed by atoms with Gasteiger partial charge < -0.3 is 14.4 Å². The van der Waals surface area contributed by atoms with Gasteiger partial charge in [-0.2, -0.15) is 4.98 Å². The first kappa shape index (κ1) is 13.8.